The molecule has 2 heterocycles. The third-order valence-electron chi connectivity index (χ3n) is 7.68. The minimum Gasteiger partial charge on any atom is -0.465 e. The van der Waals surface area contributed by atoms with Crippen LogP contribution in [-0.2, 0) is 23.9 Å². The van der Waals surface area contributed by atoms with E-state index in [1.807, 2.05) is 17.5 Å². The standard InChI is InChI=1S/C32H30ClFN2O5S/c1-4-40-31(38)26-19(24-14-9-15-42-24)16-23-27(29(26)37)25(18-10-6-7-12-21(18)34)28(32(39)41-5-2)30(35)36(23)22-13-8-11-20(33)17(22)3/h6-15,19,25-26H,4-5,16,35H2,1-3H3/t19-,25+,26+/m0/s1. The summed E-state index contributed by atoms with van der Waals surface area (Å²) in [7, 11) is 0. The van der Waals surface area contributed by atoms with Gasteiger partial charge in [0.25, 0.3) is 0 Å². The molecule has 2 aromatic carbocycles. The van der Waals surface area contributed by atoms with Gasteiger partial charge in [0.15, 0.2) is 5.78 Å². The number of ether oxygens (including phenoxy) is 2. The van der Waals surface area contributed by atoms with E-state index >= 15 is 4.39 Å². The molecule has 3 aromatic rings. The molecule has 1 aliphatic carbocycles. The van der Waals surface area contributed by atoms with Gasteiger partial charge in [0, 0.05) is 32.7 Å². The number of allylic oxidation sites excluding steroid dienone is 2. The number of hydrogen-bond acceptors (Lipinski definition) is 8. The zero-order valence-corrected chi connectivity index (χ0v) is 24.9. The van der Waals surface area contributed by atoms with Crippen molar-refractivity contribution in [1.29, 1.82) is 0 Å². The first-order valence-corrected chi connectivity index (χ1v) is 14.9. The molecule has 3 atom stereocenters. The van der Waals surface area contributed by atoms with Crippen LogP contribution in [-0.4, -0.2) is 30.9 Å². The molecule has 10 heteroatoms. The quantitative estimate of drug-likeness (QED) is 0.246. The largest absolute Gasteiger partial charge is 0.465 e. The van der Waals surface area contributed by atoms with Gasteiger partial charge in [0.1, 0.15) is 17.6 Å². The zero-order valence-electron chi connectivity index (χ0n) is 23.4. The van der Waals surface area contributed by atoms with Crippen LogP contribution in [0.3, 0.4) is 0 Å². The van der Waals surface area contributed by atoms with Crippen molar-refractivity contribution in [2.75, 3.05) is 18.1 Å². The van der Waals surface area contributed by atoms with Crippen LogP contribution >= 0.6 is 22.9 Å². The number of benzene rings is 2. The van der Waals surface area contributed by atoms with Crippen LogP contribution in [0, 0.1) is 18.7 Å². The van der Waals surface area contributed by atoms with Crippen LogP contribution in [0.2, 0.25) is 5.02 Å². The second-order valence-electron chi connectivity index (χ2n) is 9.97. The normalized spacial score (nSPS) is 20.5. The predicted molar refractivity (Wildman–Crippen MR) is 159 cm³/mol. The second-order valence-corrected chi connectivity index (χ2v) is 11.4. The fourth-order valence-electron chi connectivity index (χ4n) is 5.84. The number of hydrogen-bond donors (Lipinski definition) is 1. The summed E-state index contributed by atoms with van der Waals surface area (Å²) in [5.41, 5.74) is 8.60. The number of halogens is 2. The average molecular weight is 609 g/mol. The lowest BCUT2D eigenvalue weighted by atomic mass is 9.68. The van der Waals surface area contributed by atoms with Crippen LogP contribution < -0.4 is 10.6 Å². The van der Waals surface area contributed by atoms with Gasteiger partial charge in [-0.1, -0.05) is 41.9 Å². The lowest BCUT2D eigenvalue weighted by Crippen LogP contribution is -2.46. The molecule has 0 amide bonds. The number of carbonyl (C=O) groups excluding carboxylic acids is 3. The molecular weight excluding hydrogens is 579 g/mol. The van der Waals surface area contributed by atoms with Gasteiger partial charge in [0.05, 0.1) is 30.4 Å². The summed E-state index contributed by atoms with van der Waals surface area (Å²) in [5, 5.41) is 2.33. The summed E-state index contributed by atoms with van der Waals surface area (Å²) >= 11 is 7.95. The number of nitrogens with zero attached hydrogens (tertiary/aromatic N) is 1. The van der Waals surface area contributed by atoms with Crippen LogP contribution in [0.15, 0.2) is 82.6 Å². The molecule has 1 aliphatic heterocycles. The van der Waals surface area contributed by atoms with Crippen molar-refractivity contribution in [3.8, 4) is 0 Å². The van der Waals surface area contributed by atoms with Crippen molar-refractivity contribution in [1.82, 2.24) is 0 Å². The second kappa shape index (κ2) is 12.1. The Morgan fingerprint density at radius 2 is 1.81 bits per heavy atom. The number of carbonyl (C=O) groups is 3. The maximum absolute atomic E-state index is 15.6. The van der Waals surface area contributed by atoms with Crippen molar-refractivity contribution in [2.24, 2.45) is 11.7 Å². The number of ketones is 1. The minimum absolute atomic E-state index is 0.00173. The fraction of sp³-hybridized carbons (Fsp3) is 0.281. The Hall–Kier alpha value is -3.95. The number of nitrogens with two attached hydrogens (primary N) is 1. The molecule has 5 rings (SSSR count). The molecule has 218 valence electrons. The lowest BCUT2D eigenvalue weighted by Gasteiger charge is -2.44. The van der Waals surface area contributed by atoms with E-state index < -0.39 is 41.3 Å². The van der Waals surface area contributed by atoms with Crippen molar-refractivity contribution < 1.29 is 28.2 Å². The summed E-state index contributed by atoms with van der Waals surface area (Å²) < 4.78 is 26.4. The van der Waals surface area contributed by atoms with E-state index in [1.165, 1.54) is 29.5 Å². The molecule has 2 N–H and O–H groups in total. The summed E-state index contributed by atoms with van der Waals surface area (Å²) in [6.07, 6.45) is 0.193. The van der Waals surface area contributed by atoms with Gasteiger partial charge >= 0.3 is 11.9 Å². The zero-order chi connectivity index (χ0) is 30.1. The molecule has 0 unspecified atom stereocenters. The molecule has 0 saturated carbocycles. The van der Waals surface area contributed by atoms with E-state index in [0.29, 0.717) is 22.0 Å². The molecule has 1 aromatic heterocycles. The Morgan fingerprint density at radius 3 is 2.48 bits per heavy atom. The summed E-state index contributed by atoms with van der Waals surface area (Å²) in [6.45, 7) is 5.23. The third-order valence-corrected chi connectivity index (χ3v) is 9.09. The highest BCUT2D eigenvalue weighted by molar-refractivity contribution is 7.10. The van der Waals surface area contributed by atoms with E-state index in [1.54, 1.807) is 49.9 Å². The van der Waals surface area contributed by atoms with Crippen LogP contribution in [0.5, 0.6) is 0 Å². The number of thiophene rings is 1. The van der Waals surface area contributed by atoms with Gasteiger partial charge in [0.2, 0.25) is 0 Å². The highest BCUT2D eigenvalue weighted by Gasteiger charge is 2.52. The first-order valence-electron chi connectivity index (χ1n) is 13.6. The maximum atomic E-state index is 15.6. The van der Waals surface area contributed by atoms with Crippen molar-refractivity contribution in [3.63, 3.8) is 0 Å². The molecule has 0 spiro atoms. The highest BCUT2D eigenvalue weighted by Crippen LogP contribution is 2.53. The Balaban J connectivity index is 1.86. The fourth-order valence-corrected chi connectivity index (χ4v) is 6.88. The van der Waals surface area contributed by atoms with Gasteiger partial charge in [-0.2, -0.15) is 0 Å². The summed E-state index contributed by atoms with van der Waals surface area (Å²) in [5.74, 6) is -5.65. The monoisotopic (exact) mass is 608 g/mol. The van der Waals surface area contributed by atoms with E-state index in [-0.39, 0.29) is 42.2 Å². The molecular formula is C32H30ClFN2O5S. The molecule has 0 fully saturated rings. The molecule has 0 saturated heterocycles. The maximum Gasteiger partial charge on any atom is 0.338 e. The molecule has 0 bridgehead atoms. The van der Waals surface area contributed by atoms with Crippen molar-refractivity contribution in [2.45, 2.75) is 39.0 Å². The van der Waals surface area contributed by atoms with Crippen molar-refractivity contribution >= 4 is 46.3 Å². The highest BCUT2D eigenvalue weighted by atomic mass is 35.5. The van der Waals surface area contributed by atoms with E-state index in [0.717, 1.165) is 4.88 Å². The summed E-state index contributed by atoms with van der Waals surface area (Å²) in [4.78, 5) is 44.2. The number of rotatable bonds is 7. The van der Waals surface area contributed by atoms with Gasteiger partial charge in [-0.3, -0.25) is 14.5 Å². The van der Waals surface area contributed by atoms with E-state index in [9.17, 15) is 14.4 Å². The van der Waals surface area contributed by atoms with Crippen LogP contribution in [0.4, 0.5) is 10.1 Å². The van der Waals surface area contributed by atoms with Crippen LogP contribution in [0.1, 0.15) is 48.1 Å². The first-order chi connectivity index (χ1) is 20.2. The average Bonchev–Trinajstić information content (AvgIpc) is 3.50. The number of anilines is 1. The molecule has 42 heavy (non-hydrogen) atoms. The summed E-state index contributed by atoms with van der Waals surface area (Å²) in [6, 6.07) is 14.9. The third kappa shape index (κ3) is 5.01. The smallest absolute Gasteiger partial charge is 0.338 e. The van der Waals surface area contributed by atoms with Crippen LogP contribution in [0.25, 0.3) is 0 Å². The van der Waals surface area contributed by atoms with E-state index in [2.05, 4.69) is 0 Å². The molecule has 7 nitrogen and oxygen atoms in total. The van der Waals surface area contributed by atoms with Gasteiger partial charge in [-0.05, 0) is 62.4 Å². The van der Waals surface area contributed by atoms with Gasteiger partial charge in [-0.25, -0.2) is 9.18 Å². The first kappa shape index (κ1) is 29.5. The molecule has 2 aliphatic rings. The Labute approximate surface area is 252 Å². The topological polar surface area (TPSA) is 98.9 Å². The van der Waals surface area contributed by atoms with Gasteiger partial charge in [-0.15, -0.1) is 11.3 Å². The van der Waals surface area contributed by atoms with Gasteiger partial charge < -0.3 is 15.2 Å². The minimum atomic E-state index is -1.22. The van der Waals surface area contributed by atoms with Crippen molar-refractivity contribution in [3.05, 3.63) is 109 Å². The number of esters is 2. The van der Waals surface area contributed by atoms with E-state index in [4.69, 9.17) is 26.8 Å². The Morgan fingerprint density at radius 1 is 1.07 bits per heavy atom. The number of Topliss-reactive ketones (excluding diaryl/α,β-unsaturated/α-hetero) is 1. The lowest BCUT2D eigenvalue weighted by molar-refractivity contribution is -0.152. The molecule has 0 radical (unpaired) electrons. The Kier molecular flexibility index (Phi) is 8.52. The Bertz CT molecular complexity index is 1620. The SMILES string of the molecule is CCOC(=O)C1=C(N)N(c2cccc(Cl)c2C)C2=C(C(=O)[C@H](C(=O)OCC)[C@H](c3cccs3)C2)[C@H]1c1ccccc1F. The predicted octanol–water partition coefficient (Wildman–Crippen LogP) is 6.38.